The number of hydrogen-bond acceptors (Lipinski definition) is 3. The highest BCUT2D eigenvalue weighted by atomic mass is 79.9. The topological polar surface area (TPSA) is 69.6 Å². The van der Waals surface area contributed by atoms with E-state index in [2.05, 4.69) is 21.4 Å². The van der Waals surface area contributed by atoms with E-state index < -0.39 is 11.8 Å². The number of benzene rings is 2. The van der Waals surface area contributed by atoms with Crippen molar-refractivity contribution < 1.29 is 14.7 Å². The van der Waals surface area contributed by atoms with Crippen LogP contribution in [-0.4, -0.2) is 16.9 Å². The molecule has 2 amide bonds. The van der Waals surface area contributed by atoms with Crippen molar-refractivity contribution in [3.05, 3.63) is 63.1 Å². The van der Waals surface area contributed by atoms with Crippen molar-refractivity contribution in [2.45, 2.75) is 13.8 Å². The zero-order valence-corrected chi connectivity index (χ0v) is 14.7. The molecule has 2 N–H and O–H groups in total. The molecule has 0 aliphatic carbocycles. The average Bonchev–Trinajstić information content (AvgIpc) is 2.81. The number of nitrogens with one attached hydrogen (secondary N) is 1. The maximum Gasteiger partial charge on any atom is 0.282 e. The van der Waals surface area contributed by atoms with E-state index in [1.54, 1.807) is 18.2 Å². The second-order valence-electron chi connectivity index (χ2n) is 5.61. The minimum absolute atomic E-state index is 0.00377. The summed E-state index contributed by atoms with van der Waals surface area (Å²) in [6.07, 6.45) is 1.39. The molecule has 2 aromatic rings. The fourth-order valence-corrected chi connectivity index (χ4v) is 2.78. The van der Waals surface area contributed by atoms with Crippen LogP contribution in [0, 0.1) is 13.8 Å². The number of hydrazine groups is 1. The monoisotopic (exact) mass is 386 g/mol. The number of phenols is 1. The standard InChI is InChI=1S/C18H15BrN2O3/c1-10-3-5-14(7-11(10)2)21-18(24)15(17(23)20-21)9-12-8-13(19)4-6-16(12)22/h3-9,22H,1-2H3,(H,20,23). The molecule has 1 fully saturated rings. The number of amides is 2. The van der Waals surface area contributed by atoms with Gasteiger partial charge in [0.15, 0.2) is 0 Å². The van der Waals surface area contributed by atoms with Crippen LogP contribution >= 0.6 is 15.9 Å². The molecule has 1 saturated heterocycles. The van der Waals surface area contributed by atoms with Gasteiger partial charge in [0, 0.05) is 10.0 Å². The van der Waals surface area contributed by atoms with Crippen molar-refractivity contribution in [1.82, 2.24) is 5.43 Å². The average molecular weight is 387 g/mol. The molecule has 0 bridgehead atoms. The fraction of sp³-hybridized carbons (Fsp3) is 0.111. The third-order valence-electron chi connectivity index (χ3n) is 3.93. The fourth-order valence-electron chi connectivity index (χ4n) is 2.40. The van der Waals surface area contributed by atoms with Crippen LogP contribution in [0.15, 0.2) is 46.4 Å². The Hall–Kier alpha value is -2.60. The third kappa shape index (κ3) is 2.92. The number of nitrogens with zero attached hydrogens (tertiary/aromatic N) is 1. The molecule has 1 aliphatic heterocycles. The van der Waals surface area contributed by atoms with E-state index in [0.29, 0.717) is 11.3 Å². The number of anilines is 1. The molecule has 5 nitrogen and oxygen atoms in total. The highest BCUT2D eigenvalue weighted by Gasteiger charge is 2.34. The molecule has 0 radical (unpaired) electrons. The molecule has 0 aromatic heterocycles. The second kappa shape index (κ2) is 6.13. The molecule has 122 valence electrons. The van der Waals surface area contributed by atoms with Crippen LogP contribution in [0.25, 0.3) is 6.08 Å². The number of aromatic hydroxyl groups is 1. The van der Waals surface area contributed by atoms with Gasteiger partial charge < -0.3 is 5.11 Å². The number of hydrogen-bond donors (Lipinski definition) is 2. The van der Waals surface area contributed by atoms with E-state index in [-0.39, 0.29) is 11.3 Å². The molecule has 0 unspecified atom stereocenters. The summed E-state index contributed by atoms with van der Waals surface area (Å²) in [6, 6.07) is 10.3. The minimum Gasteiger partial charge on any atom is -0.507 e. The summed E-state index contributed by atoms with van der Waals surface area (Å²) in [5, 5.41) is 11.1. The van der Waals surface area contributed by atoms with Gasteiger partial charge in [-0.15, -0.1) is 0 Å². The van der Waals surface area contributed by atoms with Gasteiger partial charge in [-0.25, -0.2) is 5.01 Å². The Morgan fingerprint density at radius 3 is 2.54 bits per heavy atom. The van der Waals surface area contributed by atoms with Crippen molar-refractivity contribution >= 4 is 39.5 Å². The van der Waals surface area contributed by atoms with Crippen LogP contribution in [0.1, 0.15) is 16.7 Å². The van der Waals surface area contributed by atoms with Crippen molar-refractivity contribution in [2.75, 3.05) is 5.01 Å². The molecule has 24 heavy (non-hydrogen) atoms. The number of halogens is 1. The van der Waals surface area contributed by atoms with E-state index in [1.165, 1.54) is 17.2 Å². The molecule has 0 atom stereocenters. The summed E-state index contributed by atoms with van der Waals surface area (Å²) < 4.78 is 0.740. The molecule has 3 rings (SSSR count). The largest absolute Gasteiger partial charge is 0.507 e. The maximum atomic E-state index is 12.6. The Bertz CT molecular complexity index is 890. The van der Waals surface area contributed by atoms with Gasteiger partial charge in [0.25, 0.3) is 11.8 Å². The lowest BCUT2D eigenvalue weighted by Crippen LogP contribution is -2.35. The zero-order valence-electron chi connectivity index (χ0n) is 13.1. The highest BCUT2D eigenvalue weighted by molar-refractivity contribution is 9.10. The molecular weight excluding hydrogens is 372 g/mol. The summed E-state index contributed by atoms with van der Waals surface area (Å²) in [5.41, 5.74) is 5.64. The van der Waals surface area contributed by atoms with Gasteiger partial charge in [-0.05, 0) is 61.4 Å². The zero-order chi connectivity index (χ0) is 17.4. The van der Waals surface area contributed by atoms with Gasteiger partial charge in [-0.2, -0.15) is 0 Å². The quantitative estimate of drug-likeness (QED) is 0.614. The SMILES string of the molecule is Cc1ccc(N2NC(=O)C(=Cc3cc(Br)ccc3O)C2=O)cc1C. The summed E-state index contributed by atoms with van der Waals surface area (Å²) in [5.74, 6) is -0.962. The number of carbonyl (C=O) groups excluding carboxylic acids is 2. The molecule has 2 aromatic carbocycles. The lowest BCUT2D eigenvalue weighted by atomic mass is 10.1. The Labute approximate surface area is 147 Å². The molecular formula is C18H15BrN2O3. The maximum absolute atomic E-state index is 12.6. The first-order valence-electron chi connectivity index (χ1n) is 7.30. The first kappa shape index (κ1) is 16.3. The first-order valence-corrected chi connectivity index (χ1v) is 8.09. The molecule has 0 spiro atoms. The van der Waals surface area contributed by atoms with Crippen molar-refractivity contribution in [1.29, 1.82) is 0 Å². The predicted octanol–water partition coefficient (Wildman–Crippen LogP) is 3.23. The number of phenolic OH excluding ortho intramolecular Hbond substituents is 1. The van der Waals surface area contributed by atoms with Gasteiger partial charge in [0.2, 0.25) is 0 Å². The van der Waals surface area contributed by atoms with E-state index in [4.69, 9.17) is 0 Å². The predicted molar refractivity (Wildman–Crippen MR) is 95.3 cm³/mol. The number of carbonyl (C=O) groups is 2. The lowest BCUT2D eigenvalue weighted by molar-refractivity contribution is -0.117. The van der Waals surface area contributed by atoms with Crippen LogP contribution < -0.4 is 10.4 Å². The third-order valence-corrected chi connectivity index (χ3v) is 4.42. The van der Waals surface area contributed by atoms with Crippen molar-refractivity contribution in [2.24, 2.45) is 0 Å². The Kier molecular flexibility index (Phi) is 4.15. The van der Waals surface area contributed by atoms with E-state index in [1.807, 2.05) is 26.0 Å². The first-order chi connectivity index (χ1) is 11.4. The lowest BCUT2D eigenvalue weighted by Gasteiger charge is -2.16. The summed E-state index contributed by atoms with van der Waals surface area (Å²) in [7, 11) is 0. The van der Waals surface area contributed by atoms with Gasteiger partial charge in [-0.3, -0.25) is 15.0 Å². The number of aryl methyl sites for hydroxylation is 2. The van der Waals surface area contributed by atoms with E-state index in [0.717, 1.165) is 15.6 Å². The minimum atomic E-state index is -0.502. The normalized spacial score (nSPS) is 16.0. The van der Waals surface area contributed by atoms with Crippen LogP contribution in [0.4, 0.5) is 5.69 Å². The van der Waals surface area contributed by atoms with Crippen LogP contribution in [-0.2, 0) is 9.59 Å². The van der Waals surface area contributed by atoms with Crippen molar-refractivity contribution in [3.8, 4) is 5.75 Å². The molecule has 1 heterocycles. The highest BCUT2D eigenvalue weighted by Crippen LogP contribution is 2.27. The van der Waals surface area contributed by atoms with Gasteiger partial charge in [0.05, 0.1) is 5.69 Å². The summed E-state index contributed by atoms with van der Waals surface area (Å²) in [6.45, 7) is 3.92. The van der Waals surface area contributed by atoms with Gasteiger partial charge in [0.1, 0.15) is 11.3 Å². The summed E-state index contributed by atoms with van der Waals surface area (Å²) >= 11 is 3.30. The smallest absolute Gasteiger partial charge is 0.282 e. The summed E-state index contributed by atoms with van der Waals surface area (Å²) in [4.78, 5) is 24.8. The molecule has 0 saturated carbocycles. The van der Waals surface area contributed by atoms with Gasteiger partial charge >= 0.3 is 0 Å². The van der Waals surface area contributed by atoms with Crippen LogP contribution in [0.3, 0.4) is 0 Å². The second-order valence-corrected chi connectivity index (χ2v) is 6.53. The Morgan fingerprint density at radius 1 is 1.08 bits per heavy atom. The Balaban J connectivity index is 1.98. The molecule has 1 aliphatic rings. The van der Waals surface area contributed by atoms with E-state index in [9.17, 15) is 14.7 Å². The number of rotatable bonds is 2. The van der Waals surface area contributed by atoms with Gasteiger partial charge in [-0.1, -0.05) is 22.0 Å². The molecule has 6 heteroatoms. The van der Waals surface area contributed by atoms with Crippen LogP contribution in [0.5, 0.6) is 5.75 Å². The van der Waals surface area contributed by atoms with E-state index >= 15 is 0 Å². The van der Waals surface area contributed by atoms with Crippen LogP contribution in [0.2, 0.25) is 0 Å². The van der Waals surface area contributed by atoms with Crippen molar-refractivity contribution in [3.63, 3.8) is 0 Å². The Morgan fingerprint density at radius 2 is 1.83 bits per heavy atom.